The molecule has 1 aromatic carbocycles. The Hall–Kier alpha value is -1.75. The second-order valence-corrected chi connectivity index (χ2v) is 6.18. The van der Waals surface area contributed by atoms with E-state index in [1.807, 2.05) is 19.1 Å². The fourth-order valence-corrected chi connectivity index (χ4v) is 3.22. The van der Waals surface area contributed by atoms with Crippen LogP contribution in [0.2, 0.25) is 0 Å². The van der Waals surface area contributed by atoms with E-state index >= 15 is 0 Å². The van der Waals surface area contributed by atoms with Gasteiger partial charge in [0.05, 0.1) is 19.3 Å². The average molecular weight is 304 g/mol. The van der Waals surface area contributed by atoms with Gasteiger partial charge in [-0.25, -0.2) is 0 Å². The number of nitrogens with zero attached hydrogens (tertiary/aromatic N) is 1. The summed E-state index contributed by atoms with van der Waals surface area (Å²) in [7, 11) is 1.63. The van der Waals surface area contributed by atoms with Crippen LogP contribution in [0.4, 0.5) is 5.69 Å². The molecule has 1 saturated heterocycles. The van der Waals surface area contributed by atoms with Gasteiger partial charge >= 0.3 is 0 Å². The zero-order valence-corrected chi connectivity index (χ0v) is 13.4. The van der Waals surface area contributed by atoms with Gasteiger partial charge in [0.2, 0.25) is 5.91 Å². The first-order valence-corrected chi connectivity index (χ1v) is 8.05. The van der Waals surface area contributed by atoms with Gasteiger partial charge in [0.1, 0.15) is 17.6 Å². The number of rotatable bonds is 4. The molecule has 0 radical (unpaired) electrons. The van der Waals surface area contributed by atoms with Crippen molar-refractivity contribution < 1.29 is 14.3 Å². The summed E-state index contributed by atoms with van der Waals surface area (Å²) in [6.45, 7) is 4.50. The van der Waals surface area contributed by atoms with Crippen LogP contribution >= 0.6 is 0 Å². The summed E-state index contributed by atoms with van der Waals surface area (Å²) >= 11 is 0. The van der Waals surface area contributed by atoms with Gasteiger partial charge in [-0.05, 0) is 38.9 Å². The van der Waals surface area contributed by atoms with Gasteiger partial charge in [0.15, 0.2) is 0 Å². The number of methoxy groups -OCH3 is 1. The maximum absolute atomic E-state index is 12.3. The smallest absolute Gasteiger partial charge is 0.238 e. The van der Waals surface area contributed by atoms with Crippen LogP contribution in [-0.2, 0) is 11.2 Å². The number of anilines is 1. The maximum Gasteiger partial charge on any atom is 0.238 e. The largest absolute Gasteiger partial charge is 0.495 e. The van der Waals surface area contributed by atoms with E-state index in [1.165, 1.54) is 19.3 Å². The van der Waals surface area contributed by atoms with Crippen molar-refractivity contribution in [1.82, 2.24) is 4.90 Å². The van der Waals surface area contributed by atoms with Crippen molar-refractivity contribution >= 4 is 11.6 Å². The Labute approximate surface area is 131 Å². The molecule has 1 atom stereocenters. The lowest BCUT2D eigenvalue weighted by atomic mass is 10.1. The number of carbonyl (C=O) groups excluding carboxylic acids is 1. The van der Waals surface area contributed by atoms with Gasteiger partial charge < -0.3 is 14.8 Å². The van der Waals surface area contributed by atoms with Crippen LogP contribution in [-0.4, -0.2) is 43.7 Å². The number of carbonyl (C=O) groups is 1. The fraction of sp³-hybridized carbons (Fsp3) is 0.588. The molecule has 22 heavy (non-hydrogen) atoms. The molecule has 1 N–H and O–H groups in total. The molecule has 5 heteroatoms. The Kier molecular flexibility index (Phi) is 4.52. The van der Waals surface area contributed by atoms with E-state index in [0.717, 1.165) is 30.8 Å². The molecule has 0 unspecified atom stereocenters. The summed E-state index contributed by atoms with van der Waals surface area (Å²) in [6.07, 6.45) is 4.70. The molecule has 120 valence electrons. The Bertz CT molecular complexity index is 553. The number of fused-ring (bicyclic) bond motifs is 1. The third kappa shape index (κ3) is 3.35. The minimum Gasteiger partial charge on any atom is -0.495 e. The lowest BCUT2D eigenvalue weighted by Gasteiger charge is -2.25. The van der Waals surface area contributed by atoms with E-state index in [-0.39, 0.29) is 12.0 Å². The minimum atomic E-state index is 0.00574. The van der Waals surface area contributed by atoms with Crippen LogP contribution in [0.3, 0.4) is 0 Å². The summed E-state index contributed by atoms with van der Waals surface area (Å²) < 4.78 is 11.2. The number of amides is 1. The molecule has 0 aromatic heterocycles. The molecule has 3 rings (SSSR count). The summed E-state index contributed by atoms with van der Waals surface area (Å²) in [6, 6.07) is 3.85. The van der Waals surface area contributed by atoms with Crippen molar-refractivity contribution in [3.05, 3.63) is 17.7 Å². The highest BCUT2D eigenvalue weighted by molar-refractivity contribution is 5.94. The number of ether oxygens (including phenoxy) is 2. The van der Waals surface area contributed by atoms with Crippen molar-refractivity contribution in [2.45, 2.75) is 38.7 Å². The van der Waals surface area contributed by atoms with Crippen molar-refractivity contribution in [3.8, 4) is 11.5 Å². The second-order valence-electron chi connectivity index (χ2n) is 6.18. The number of likely N-dealkylation sites (tertiary alicyclic amines) is 1. The van der Waals surface area contributed by atoms with Gasteiger partial charge in [-0.15, -0.1) is 0 Å². The predicted octanol–water partition coefficient (Wildman–Crippen LogP) is 2.44. The van der Waals surface area contributed by atoms with Crippen LogP contribution in [0.15, 0.2) is 12.1 Å². The molecule has 0 aliphatic carbocycles. The number of piperidine rings is 1. The van der Waals surface area contributed by atoms with Crippen LogP contribution in [0.1, 0.15) is 31.7 Å². The topological polar surface area (TPSA) is 50.8 Å². The first-order valence-electron chi connectivity index (χ1n) is 8.05. The summed E-state index contributed by atoms with van der Waals surface area (Å²) in [5.41, 5.74) is 1.83. The molecule has 0 spiro atoms. The first-order chi connectivity index (χ1) is 10.7. The minimum absolute atomic E-state index is 0.00574. The Morgan fingerprint density at radius 1 is 1.36 bits per heavy atom. The molecule has 1 aromatic rings. The van der Waals surface area contributed by atoms with Crippen LogP contribution in [0.25, 0.3) is 0 Å². The van der Waals surface area contributed by atoms with Gasteiger partial charge in [0.25, 0.3) is 0 Å². The standard InChI is InChI=1S/C17H24N2O3/c1-12-8-13-9-16(21-2)14(10-15(13)22-12)18-17(20)11-19-6-4-3-5-7-19/h9-10,12H,3-8,11H2,1-2H3,(H,18,20)/t12-/m0/s1. The highest BCUT2D eigenvalue weighted by atomic mass is 16.5. The third-order valence-corrected chi connectivity index (χ3v) is 4.31. The quantitative estimate of drug-likeness (QED) is 0.928. The molecule has 2 aliphatic heterocycles. The lowest BCUT2D eigenvalue weighted by Crippen LogP contribution is -2.36. The molecule has 2 aliphatic rings. The predicted molar refractivity (Wildman–Crippen MR) is 85.7 cm³/mol. The molecule has 5 nitrogen and oxygen atoms in total. The van der Waals surface area contributed by atoms with Gasteiger partial charge in [0, 0.05) is 18.1 Å². The monoisotopic (exact) mass is 304 g/mol. The summed E-state index contributed by atoms with van der Waals surface area (Å²) in [5.74, 6) is 1.55. The molecule has 2 heterocycles. The van der Waals surface area contributed by atoms with Crippen molar-refractivity contribution in [3.63, 3.8) is 0 Å². The Morgan fingerprint density at radius 2 is 2.14 bits per heavy atom. The summed E-state index contributed by atoms with van der Waals surface area (Å²) in [5, 5.41) is 2.97. The lowest BCUT2D eigenvalue weighted by molar-refractivity contribution is -0.117. The van der Waals surface area contributed by atoms with Crippen LogP contribution in [0, 0.1) is 0 Å². The molecule has 0 saturated carbocycles. The van der Waals surface area contributed by atoms with E-state index in [4.69, 9.17) is 9.47 Å². The molecule has 1 fully saturated rings. The van der Waals surface area contributed by atoms with E-state index in [9.17, 15) is 4.79 Å². The third-order valence-electron chi connectivity index (χ3n) is 4.31. The second kappa shape index (κ2) is 6.57. The van der Waals surface area contributed by atoms with Crippen LogP contribution < -0.4 is 14.8 Å². The highest BCUT2D eigenvalue weighted by Crippen LogP contribution is 2.37. The fourth-order valence-electron chi connectivity index (χ4n) is 3.22. The number of hydrogen-bond acceptors (Lipinski definition) is 4. The van der Waals surface area contributed by atoms with Gasteiger partial charge in [-0.2, -0.15) is 0 Å². The maximum atomic E-state index is 12.3. The molecule has 1 amide bonds. The number of nitrogens with one attached hydrogen (secondary N) is 1. The Balaban J connectivity index is 1.68. The van der Waals surface area contributed by atoms with Gasteiger partial charge in [-0.3, -0.25) is 9.69 Å². The molecule has 0 bridgehead atoms. The van der Waals surface area contributed by atoms with Crippen molar-refractivity contribution in [2.75, 3.05) is 32.1 Å². The zero-order valence-electron chi connectivity index (χ0n) is 13.4. The van der Waals surface area contributed by atoms with Gasteiger partial charge in [-0.1, -0.05) is 6.42 Å². The summed E-state index contributed by atoms with van der Waals surface area (Å²) in [4.78, 5) is 14.5. The zero-order chi connectivity index (χ0) is 15.5. The highest BCUT2D eigenvalue weighted by Gasteiger charge is 2.23. The van der Waals surface area contributed by atoms with E-state index in [1.54, 1.807) is 7.11 Å². The Morgan fingerprint density at radius 3 is 2.86 bits per heavy atom. The molecular weight excluding hydrogens is 280 g/mol. The van der Waals surface area contributed by atoms with Crippen molar-refractivity contribution in [2.24, 2.45) is 0 Å². The average Bonchev–Trinajstić information content (AvgIpc) is 2.86. The number of benzene rings is 1. The normalized spacial score (nSPS) is 21.1. The number of hydrogen-bond donors (Lipinski definition) is 1. The molecular formula is C17H24N2O3. The van der Waals surface area contributed by atoms with E-state index < -0.39 is 0 Å². The SMILES string of the molecule is COc1cc2c(cc1NC(=O)CN1CCCCC1)O[C@@H](C)C2. The van der Waals surface area contributed by atoms with E-state index in [2.05, 4.69) is 10.2 Å². The van der Waals surface area contributed by atoms with Crippen LogP contribution in [0.5, 0.6) is 11.5 Å². The first kappa shape index (κ1) is 15.2. The van der Waals surface area contributed by atoms with Crippen molar-refractivity contribution in [1.29, 1.82) is 0 Å². The van der Waals surface area contributed by atoms with E-state index in [0.29, 0.717) is 18.0 Å².